The molecular weight excluding hydrogens is 454 g/mol. The number of thiophene rings is 2. The van der Waals surface area contributed by atoms with Crippen molar-refractivity contribution in [2.45, 2.75) is 31.8 Å². The van der Waals surface area contributed by atoms with Gasteiger partial charge in [-0.3, -0.25) is 4.79 Å². The lowest BCUT2D eigenvalue weighted by Gasteiger charge is -2.26. The topological polar surface area (TPSA) is 86.5 Å². The highest BCUT2D eigenvalue weighted by molar-refractivity contribution is 7.21. The first kappa shape index (κ1) is 20.5. The lowest BCUT2D eigenvalue weighted by Crippen LogP contribution is -2.40. The average molecular weight is 478 g/mol. The number of amides is 1. The summed E-state index contributed by atoms with van der Waals surface area (Å²) >= 11 is 3.08. The van der Waals surface area contributed by atoms with Gasteiger partial charge < -0.3 is 20.5 Å². The standard InChI is InChI=1S/C25H23N3O3S2/c26-21-20-15-6-1-2-7-16(15)22(19-10-5-11-32-19)28-25(20)33-23(21)24(29)27-12-14-13-30-17-8-3-4-9-18(17)31-14/h3-5,8-11,14H,1-2,6-7,12-13,26H2,(H,27,29). The molecule has 0 saturated heterocycles. The molecule has 1 aromatic carbocycles. The summed E-state index contributed by atoms with van der Waals surface area (Å²) in [6.07, 6.45) is 4.01. The molecule has 1 atom stereocenters. The third kappa shape index (κ3) is 3.63. The normalized spacial score (nSPS) is 17.0. The molecule has 6 rings (SSSR count). The summed E-state index contributed by atoms with van der Waals surface area (Å²) in [5.41, 5.74) is 10.7. The van der Waals surface area contributed by atoms with Crippen LogP contribution in [0.25, 0.3) is 20.8 Å². The number of nitrogens with zero attached hydrogens (tertiary/aromatic N) is 1. The van der Waals surface area contributed by atoms with Crippen LogP contribution in [0.15, 0.2) is 41.8 Å². The zero-order valence-electron chi connectivity index (χ0n) is 17.9. The minimum atomic E-state index is -0.254. The monoisotopic (exact) mass is 477 g/mol. The lowest BCUT2D eigenvalue weighted by atomic mass is 9.88. The molecule has 0 bridgehead atoms. The molecule has 33 heavy (non-hydrogen) atoms. The van der Waals surface area contributed by atoms with Crippen molar-refractivity contribution in [2.75, 3.05) is 18.9 Å². The van der Waals surface area contributed by atoms with Gasteiger partial charge in [0.1, 0.15) is 22.4 Å². The number of ether oxygens (including phenoxy) is 2. The third-order valence-corrected chi connectivity index (χ3v) is 8.19. The summed E-state index contributed by atoms with van der Waals surface area (Å²) in [6, 6.07) is 11.7. The highest BCUT2D eigenvalue weighted by Crippen LogP contribution is 2.42. The Morgan fingerprint density at radius 3 is 2.76 bits per heavy atom. The van der Waals surface area contributed by atoms with Crippen molar-refractivity contribution in [3.63, 3.8) is 0 Å². The van der Waals surface area contributed by atoms with Crippen molar-refractivity contribution < 1.29 is 14.3 Å². The van der Waals surface area contributed by atoms with E-state index in [1.54, 1.807) is 11.3 Å². The van der Waals surface area contributed by atoms with E-state index in [-0.39, 0.29) is 12.0 Å². The van der Waals surface area contributed by atoms with Crippen molar-refractivity contribution in [2.24, 2.45) is 0 Å². The summed E-state index contributed by atoms with van der Waals surface area (Å²) in [4.78, 5) is 20.6. The maximum Gasteiger partial charge on any atom is 0.263 e. The number of aryl methyl sites for hydroxylation is 1. The van der Waals surface area contributed by atoms with Crippen molar-refractivity contribution in [1.82, 2.24) is 10.3 Å². The second-order valence-electron chi connectivity index (χ2n) is 8.33. The molecule has 3 N–H and O–H groups in total. The van der Waals surface area contributed by atoms with E-state index >= 15 is 0 Å². The van der Waals surface area contributed by atoms with Crippen LogP contribution < -0.4 is 20.5 Å². The molecule has 0 fully saturated rings. The minimum Gasteiger partial charge on any atom is -0.486 e. The summed E-state index contributed by atoms with van der Waals surface area (Å²) in [6.45, 7) is 0.727. The second-order valence-corrected chi connectivity index (χ2v) is 10.3. The number of para-hydroxylation sites is 2. The first-order chi connectivity index (χ1) is 16.2. The lowest BCUT2D eigenvalue weighted by molar-refractivity contribution is 0.0792. The van der Waals surface area contributed by atoms with Crippen LogP contribution in [0, 0.1) is 0 Å². The van der Waals surface area contributed by atoms with Crippen LogP contribution in [-0.4, -0.2) is 30.1 Å². The zero-order valence-corrected chi connectivity index (χ0v) is 19.6. The maximum absolute atomic E-state index is 13.1. The molecule has 0 radical (unpaired) electrons. The predicted octanol–water partition coefficient (Wildman–Crippen LogP) is 5.06. The highest BCUT2D eigenvalue weighted by atomic mass is 32.1. The molecule has 1 aliphatic heterocycles. The van der Waals surface area contributed by atoms with Crippen LogP contribution in [-0.2, 0) is 12.8 Å². The quantitative estimate of drug-likeness (QED) is 0.429. The fourth-order valence-corrected chi connectivity index (χ4v) is 6.43. The van der Waals surface area contributed by atoms with E-state index < -0.39 is 0 Å². The molecule has 0 spiro atoms. The number of fused-ring (bicyclic) bond motifs is 4. The SMILES string of the molecule is Nc1c(C(=O)NCC2COc3ccccc3O2)sc2nc(-c3cccs3)c3c(c12)CCCC3. The van der Waals surface area contributed by atoms with E-state index in [4.69, 9.17) is 20.2 Å². The van der Waals surface area contributed by atoms with Crippen molar-refractivity contribution >= 4 is 44.5 Å². The van der Waals surface area contributed by atoms with E-state index in [9.17, 15) is 4.79 Å². The zero-order chi connectivity index (χ0) is 22.4. The maximum atomic E-state index is 13.1. The number of carbonyl (C=O) groups excluding carboxylic acids is 1. The molecule has 168 valence electrons. The fourth-order valence-electron chi connectivity index (χ4n) is 4.65. The number of nitrogens with two attached hydrogens (primary N) is 1. The number of pyridine rings is 1. The number of nitrogen functional groups attached to an aromatic ring is 1. The Labute approximate surface area is 199 Å². The number of nitrogens with one attached hydrogen (secondary N) is 1. The van der Waals surface area contributed by atoms with E-state index in [1.165, 1.54) is 27.3 Å². The van der Waals surface area contributed by atoms with Gasteiger partial charge in [0.05, 0.1) is 22.8 Å². The minimum absolute atomic E-state index is 0.194. The third-order valence-electron chi connectivity index (χ3n) is 6.21. The Bertz CT molecular complexity index is 1350. The van der Waals surface area contributed by atoms with Gasteiger partial charge in [0.25, 0.3) is 5.91 Å². The van der Waals surface area contributed by atoms with Crippen molar-refractivity contribution in [1.29, 1.82) is 0 Å². The number of anilines is 1. The molecule has 3 aromatic heterocycles. The van der Waals surface area contributed by atoms with Gasteiger partial charge >= 0.3 is 0 Å². The molecular formula is C25H23N3O3S2. The van der Waals surface area contributed by atoms with Crippen LogP contribution >= 0.6 is 22.7 Å². The number of carbonyl (C=O) groups is 1. The van der Waals surface area contributed by atoms with Gasteiger partial charge in [-0.05, 0) is 60.4 Å². The van der Waals surface area contributed by atoms with Gasteiger partial charge in [-0.1, -0.05) is 18.2 Å². The molecule has 4 aromatic rings. The second kappa shape index (κ2) is 8.35. The van der Waals surface area contributed by atoms with E-state index in [2.05, 4.69) is 22.8 Å². The van der Waals surface area contributed by atoms with Gasteiger partial charge in [-0.2, -0.15) is 0 Å². The van der Waals surface area contributed by atoms with Gasteiger partial charge in [-0.25, -0.2) is 4.98 Å². The first-order valence-electron chi connectivity index (χ1n) is 11.1. The van der Waals surface area contributed by atoms with Crippen LogP contribution in [0.4, 0.5) is 5.69 Å². The summed E-state index contributed by atoms with van der Waals surface area (Å²) in [5.74, 6) is 1.23. The van der Waals surface area contributed by atoms with Crippen molar-refractivity contribution in [3.05, 3.63) is 57.8 Å². The summed E-state index contributed by atoms with van der Waals surface area (Å²) < 4.78 is 11.7. The fraction of sp³-hybridized carbons (Fsp3) is 0.280. The van der Waals surface area contributed by atoms with E-state index in [0.717, 1.165) is 47.3 Å². The smallest absolute Gasteiger partial charge is 0.263 e. The number of hydrogen-bond donors (Lipinski definition) is 2. The molecule has 1 unspecified atom stereocenters. The molecule has 6 nitrogen and oxygen atoms in total. The largest absolute Gasteiger partial charge is 0.486 e. The van der Waals surface area contributed by atoms with Gasteiger partial charge in [0.15, 0.2) is 11.5 Å². The molecule has 1 aliphatic carbocycles. The molecule has 0 saturated carbocycles. The van der Waals surface area contributed by atoms with Crippen LogP contribution in [0.2, 0.25) is 0 Å². The Kier molecular flexibility index (Phi) is 5.19. The molecule has 4 heterocycles. The average Bonchev–Trinajstić information content (AvgIpc) is 3.50. The van der Waals surface area contributed by atoms with Crippen LogP contribution in [0.1, 0.15) is 33.6 Å². The number of benzene rings is 1. The number of rotatable bonds is 4. The highest BCUT2D eigenvalue weighted by Gasteiger charge is 2.27. The van der Waals surface area contributed by atoms with Gasteiger partial charge in [-0.15, -0.1) is 22.7 Å². The summed E-state index contributed by atoms with van der Waals surface area (Å²) in [7, 11) is 0. The van der Waals surface area contributed by atoms with E-state index in [1.807, 2.05) is 24.3 Å². The predicted molar refractivity (Wildman–Crippen MR) is 133 cm³/mol. The Hall–Kier alpha value is -3.10. The molecule has 1 amide bonds. The van der Waals surface area contributed by atoms with Crippen LogP contribution in [0.3, 0.4) is 0 Å². The van der Waals surface area contributed by atoms with Gasteiger partial charge in [0, 0.05) is 5.39 Å². The Balaban J connectivity index is 1.28. The first-order valence-corrected chi connectivity index (χ1v) is 12.8. The molecule has 2 aliphatic rings. The van der Waals surface area contributed by atoms with Gasteiger partial charge in [0.2, 0.25) is 0 Å². The molecule has 8 heteroatoms. The summed E-state index contributed by atoms with van der Waals surface area (Å²) in [5, 5.41) is 6.03. The van der Waals surface area contributed by atoms with E-state index in [0.29, 0.717) is 29.5 Å². The van der Waals surface area contributed by atoms with Crippen LogP contribution in [0.5, 0.6) is 11.5 Å². The Morgan fingerprint density at radius 1 is 1.12 bits per heavy atom. The van der Waals surface area contributed by atoms with Crippen molar-refractivity contribution in [3.8, 4) is 22.1 Å². The Morgan fingerprint density at radius 2 is 1.94 bits per heavy atom. The number of hydrogen-bond acceptors (Lipinski definition) is 7. The number of aromatic nitrogens is 1.